The molecule has 0 radical (unpaired) electrons. The molecule has 0 aliphatic rings. The van der Waals surface area contributed by atoms with Crippen molar-refractivity contribution in [2.75, 3.05) is 19.5 Å². The molecule has 0 aliphatic carbocycles. The fourth-order valence-corrected chi connectivity index (χ4v) is 3.43. The largest absolute Gasteiger partial charge is 0.416 e. The molecule has 6 heteroatoms. The Kier molecular flexibility index (Phi) is 8.06. The summed E-state index contributed by atoms with van der Waals surface area (Å²) in [4.78, 5) is 0. The Labute approximate surface area is 154 Å². The van der Waals surface area contributed by atoms with E-state index in [2.05, 4.69) is 46.0 Å². The van der Waals surface area contributed by atoms with E-state index in [-0.39, 0.29) is 17.6 Å². The predicted molar refractivity (Wildman–Crippen MR) is 107 cm³/mol. The van der Waals surface area contributed by atoms with Gasteiger partial charge in [0, 0.05) is 12.5 Å². The maximum Gasteiger partial charge on any atom is 0.264 e. The van der Waals surface area contributed by atoms with E-state index >= 15 is 0 Å². The molecular formula is C19H32O4SSi. The molecule has 1 unspecified atom stereocenters. The van der Waals surface area contributed by atoms with Gasteiger partial charge in [-0.25, -0.2) is 0 Å². The molecule has 0 amide bonds. The highest BCUT2D eigenvalue weighted by Gasteiger charge is 2.37. The van der Waals surface area contributed by atoms with E-state index in [4.69, 9.17) is 8.61 Å². The summed E-state index contributed by atoms with van der Waals surface area (Å²) in [5.74, 6) is 0.180. The summed E-state index contributed by atoms with van der Waals surface area (Å²) >= 11 is 0. The van der Waals surface area contributed by atoms with Crippen molar-refractivity contribution in [2.45, 2.75) is 45.3 Å². The van der Waals surface area contributed by atoms with Crippen molar-refractivity contribution in [3.8, 4) is 0 Å². The first-order valence-electron chi connectivity index (χ1n) is 8.60. The second-order valence-electron chi connectivity index (χ2n) is 7.94. The van der Waals surface area contributed by atoms with Gasteiger partial charge < -0.3 is 4.43 Å². The molecule has 1 aromatic carbocycles. The maximum atomic E-state index is 11.1. The van der Waals surface area contributed by atoms with Gasteiger partial charge in [0.2, 0.25) is 0 Å². The molecule has 0 spiro atoms. The quantitative estimate of drug-likeness (QED) is 0.360. The van der Waals surface area contributed by atoms with Crippen molar-refractivity contribution in [3.05, 3.63) is 48.0 Å². The fourth-order valence-electron chi connectivity index (χ4n) is 2.04. The van der Waals surface area contributed by atoms with E-state index in [1.54, 1.807) is 6.08 Å². The van der Waals surface area contributed by atoms with Crippen LogP contribution in [0.15, 0.2) is 42.5 Å². The molecule has 25 heavy (non-hydrogen) atoms. The van der Waals surface area contributed by atoms with Crippen LogP contribution in [0.25, 0.3) is 0 Å². The highest BCUT2D eigenvalue weighted by molar-refractivity contribution is 7.85. The van der Waals surface area contributed by atoms with Crippen molar-refractivity contribution in [1.29, 1.82) is 0 Å². The van der Waals surface area contributed by atoms with E-state index in [0.717, 1.165) is 12.7 Å². The first-order chi connectivity index (χ1) is 11.4. The molecule has 0 N–H and O–H groups in total. The zero-order chi connectivity index (χ0) is 19.1. The lowest BCUT2D eigenvalue weighted by atomic mass is 10.00. The Morgan fingerprint density at radius 3 is 2.28 bits per heavy atom. The monoisotopic (exact) mass is 384 g/mol. The van der Waals surface area contributed by atoms with E-state index in [1.807, 2.05) is 24.3 Å². The summed E-state index contributed by atoms with van der Waals surface area (Å²) in [6.45, 7) is 11.8. The molecule has 0 bridgehead atoms. The minimum Gasteiger partial charge on any atom is -0.416 e. The third kappa shape index (κ3) is 8.81. The molecule has 0 heterocycles. The van der Waals surface area contributed by atoms with Crippen LogP contribution >= 0.6 is 0 Å². The molecule has 0 fully saturated rings. The number of hydrogen-bond donors (Lipinski definition) is 0. The van der Waals surface area contributed by atoms with E-state index in [0.29, 0.717) is 6.61 Å². The van der Waals surface area contributed by atoms with Crippen molar-refractivity contribution in [3.63, 3.8) is 0 Å². The molecule has 1 aromatic rings. The number of hydrogen-bond acceptors (Lipinski definition) is 4. The van der Waals surface area contributed by atoms with Crippen LogP contribution in [-0.4, -0.2) is 36.2 Å². The third-order valence-corrected chi connectivity index (χ3v) is 9.66. The first kappa shape index (κ1) is 22.1. The van der Waals surface area contributed by atoms with Gasteiger partial charge in [0.1, 0.15) is 0 Å². The lowest BCUT2D eigenvalue weighted by Crippen LogP contribution is -2.42. The van der Waals surface area contributed by atoms with Crippen LogP contribution < -0.4 is 0 Å². The molecule has 1 rings (SSSR count). The lowest BCUT2D eigenvalue weighted by molar-refractivity contribution is 0.250. The molecule has 0 saturated carbocycles. The van der Waals surface area contributed by atoms with Crippen molar-refractivity contribution < 1.29 is 17.0 Å². The van der Waals surface area contributed by atoms with Gasteiger partial charge in [0.25, 0.3) is 10.1 Å². The van der Waals surface area contributed by atoms with Crippen molar-refractivity contribution >= 4 is 18.4 Å². The highest BCUT2D eigenvalue weighted by Crippen LogP contribution is 2.36. The van der Waals surface area contributed by atoms with Gasteiger partial charge >= 0.3 is 0 Å². The van der Waals surface area contributed by atoms with Gasteiger partial charge in [0.05, 0.1) is 12.9 Å². The Morgan fingerprint density at radius 2 is 1.76 bits per heavy atom. The van der Waals surface area contributed by atoms with Gasteiger partial charge in [0.15, 0.2) is 8.32 Å². The minimum absolute atomic E-state index is 0.0597. The van der Waals surface area contributed by atoms with Crippen molar-refractivity contribution in [1.82, 2.24) is 0 Å². The van der Waals surface area contributed by atoms with Crippen molar-refractivity contribution in [2.24, 2.45) is 5.92 Å². The average molecular weight is 385 g/mol. The van der Waals surface area contributed by atoms with Gasteiger partial charge in [-0.3, -0.25) is 4.18 Å². The average Bonchev–Trinajstić information content (AvgIpc) is 2.48. The topological polar surface area (TPSA) is 52.6 Å². The van der Waals surface area contributed by atoms with Crippen LogP contribution in [0.5, 0.6) is 0 Å². The smallest absolute Gasteiger partial charge is 0.264 e. The summed E-state index contributed by atoms with van der Waals surface area (Å²) in [6, 6.07) is 10.2. The molecule has 0 aromatic heterocycles. The Balaban J connectivity index is 2.75. The van der Waals surface area contributed by atoms with Gasteiger partial charge in [-0.1, -0.05) is 63.3 Å². The molecule has 4 nitrogen and oxygen atoms in total. The van der Waals surface area contributed by atoms with Crippen LogP contribution in [-0.2, 0) is 25.1 Å². The number of benzene rings is 1. The number of rotatable bonds is 9. The predicted octanol–water partition coefficient (Wildman–Crippen LogP) is 4.40. The molecule has 0 saturated heterocycles. The summed E-state index contributed by atoms with van der Waals surface area (Å²) in [5, 5.41) is 0.160. The fraction of sp³-hybridized carbons (Fsp3) is 0.579. The molecule has 0 aliphatic heterocycles. The van der Waals surface area contributed by atoms with E-state index < -0.39 is 18.4 Å². The highest BCUT2D eigenvalue weighted by atomic mass is 32.2. The lowest BCUT2D eigenvalue weighted by Gasteiger charge is -2.37. The van der Waals surface area contributed by atoms with Gasteiger partial charge in [-0.2, -0.15) is 8.42 Å². The zero-order valence-corrected chi connectivity index (χ0v) is 18.1. The molecule has 1 atom stereocenters. The van der Waals surface area contributed by atoms with E-state index in [1.165, 1.54) is 5.56 Å². The van der Waals surface area contributed by atoms with Crippen LogP contribution in [0, 0.1) is 5.92 Å². The van der Waals surface area contributed by atoms with Gasteiger partial charge in [-0.15, -0.1) is 0 Å². The summed E-state index contributed by atoms with van der Waals surface area (Å²) < 4.78 is 33.3. The summed E-state index contributed by atoms with van der Waals surface area (Å²) in [5.41, 5.74) is 1.24. The maximum absolute atomic E-state index is 11.1. The minimum atomic E-state index is -3.41. The first-order valence-corrected chi connectivity index (χ1v) is 13.3. The van der Waals surface area contributed by atoms with Crippen LogP contribution in [0.2, 0.25) is 18.1 Å². The molecular weight excluding hydrogens is 352 g/mol. The molecule has 142 valence electrons. The van der Waals surface area contributed by atoms with E-state index in [9.17, 15) is 8.42 Å². The zero-order valence-electron chi connectivity index (χ0n) is 16.3. The van der Waals surface area contributed by atoms with Gasteiger partial charge in [-0.05, 0) is 30.1 Å². The SMILES string of the molecule is CC(C)(C)[Si](C)(C)OCC(C=CCOS(C)(=O)=O)Cc1ccccc1. The van der Waals surface area contributed by atoms with Crippen LogP contribution in [0.4, 0.5) is 0 Å². The Morgan fingerprint density at radius 1 is 1.16 bits per heavy atom. The normalized spacial score (nSPS) is 14.8. The van der Waals surface area contributed by atoms with Crippen LogP contribution in [0.3, 0.4) is 0 Å². The summed E-state index contributed by atoms with van der Waals surface area (Å²) in [6.07, 6.45) is 5.68. The van der Waals surface area contributed by atoms with Crippen LogP contribution in [0.1, 0.15) is 26.3 Å². The second kappa shape index (κ2) is 9.12. The summed E-state index contributed by atoms with van der Waals surface area (Å²) in [7, 11) is -5.23. The third-order valence-electron chi connectivity index (χ3n) is 4.59. The Hall–Kier alpha value is -0.953. The standard InChI is InChI=1S/C19H32O4SSi/c1-19(2,3)25(5,6)23-16-18(13-10-14-22-24(4,20)21)15-17-11-8-7-9-12-17/h7-13,18H,14-16H2,1-6H3. The Bertz CT molecular complexity index is 646. The second-order valence-corrected chi connectivity index (χ2v) is 14.4.